The third-order valence-corrected chi connectivity index (χ3v) is 6.08. The van der Waals surface area contributed by atoms with Crippen molar-refractivity contribution < 1.29 is 9.59 Å². The van der Waals surface area contributed by atoms with Gasteiger partial charge in [-0.1, -0.05) is 17.7 Å². The van der Waals surface area contributed by atoms with Gasteiger partial charge < -0.3 is 19.4 Å². The van der Waals surface area contributed by atoms with Crippen LogP contribution in [-0.4, -0.2) is 57.3 Å². The Morgan fingerprint density at radius 3 is 2.21 bits per heavy atom. The molecule has 0 aliphatic carbocycles. The normalized spacial score (nSPS) is 14.2. The predicted molar refractivity (Wildman–Crippen MR) is 129 cm³/mol. The molecule has 7 heteroatoms. The van der Waals surface area contributed by atoms with Crippen LogP contribution in [0.2, 0.25) is 0 Å². The Bertz CT molecular complexity index is 1240. The molecule has 1 saturated heterocycles. The van der Waals surface area contributed by atoms with Gasteiger partial charge in [-0.25, -0.2) is 0 Å². The molecule has 1 aromatic carbocycles. The van der Waals surface area contributed by atoms with Gasteiger partial charge in [-0.05, 0) is 56.7 Å². The first-order chi connectivity index (χ1) is 15.8. The van der Waals surface area contributed by atoms with Crippen molar-refractivity contribution in [1.82, 2.24) is 19.4 Å². The van der Waals surface area contributed by atoms with Gasteiger partial charge in [0.25, 0.3) is 5.91 Å². The molecule has 1 aliphatic heterocycles. The molecule has 0 spiro atoms. The van der Waals surface area contributed by atoms with Crippen molar-refractivity contribution in [3.05, 3.63) is 93.2 Å². The number of aryl methyl sites for hydroxylation is 2. The molecule has 3 aromatic rings. The quantitative estimate of drug-likeness (QED) is 0.628. The van der Waals surface area contributed by atoms with E-state index in [0.29, 0.717) is 31.7 Å². The fourth-order valence-corrected chi connectivity index (χ4v) is 4.17. The highest BCUT2D eigenvalue weighted by molar-refractivity contribution is 5.95. The molecule has 0 bridgehead atoms. The average molecular weight is 445 g/mol. The largest absolute Gasteiger partial charge is 0.336 e. The molecule has 0 atom stereocenters. The van der Waals surface area contributed by atoms with Crippen molar-refractivity contribution in [2.24, 2.45) is 0 Å². The summed E-state index contributed by atoms with van der Waals surface area (Å²) in [4.78, 5) is 42.5. The standard InChI is InChI=1S/C26H28N4O3/c1-18-4-8-23(9-5-18)30-19(2)16-21(20(30)3)7-11-25(32)28-12-14-29(15-13-28)26(33)22-6-10-24(31)27-17-22/h4-11,16-17H,12-15H2,1-3H3,(H,27,31). The van der Waals surface area contributed by atoms with Gasteiger partial charge in [-0.15, -0.1) is 0 Å². The number of pyridine rings is 1. The van der Waals surface area contributed by atoms with Crippen molar-refractivity contribution in [1.29, 1.82) is 0 Å². The van der Waals surface area contributed by atoms with E-state index in [0.717, 1.165) is 22.6 Å². The van der Waals surface area contributed by atoms with Crippen molar-refractivity contribution >= 4 is 17.9 Å². The summed E-state index contributed by atoms with van der Waals surface area (Å²) < 4.78 is 2.19. The number of hydrogen-bond acceptors (Lipinski definition) is 3. The molecule has 0 unspecified atom stereocenters. The van der Waals surface area contributed by atoms with Gasteiger partial charge in [0, 0.05) is 61.6 Å². The fraction of sp³-hybridized carbons (Fsp3) is 0.269. The van der Waals surface area contributed by atoms with E-state index in [2.05, 4.69) is 60.7 Å². The molecule has 0 saturated carbocycles. The molecular weight excluding hydrogens is 416 g/mol. The number of hydrogen-bond donors (Lipinski definition) is 1. The zero-order valence-electron chi connectivity index (χ0n) is 19.2. The number of H-pyrrole nitrogens is 1. The number of rotatable bonds is 4. The van der Waals surface area contributed by atoms with Crippen LogP contribution < -0.4 is 5.56 Å². The summed E-state index contributed by atoms with van der Waals surface area (Å²) >= 11 is 0. The van der Waals surface area contributed by atoms with Crippen LogP contribution in [0.3, 0.4) is 0 Å². The number of aromatic amines is 1. The number of piperazine rings is 1. The van der Waals surface area contributed by atoms with Gasteiger partial charge in [0.2, 0.25) is 11.5 Å². The lowest BCUT2D eigenvalue weighted by molar-refractivity contribution is -0.127. The maximum absolute atomic E-state index is 12.8. The zero-order chi connectivity index (χ0) is 23.5. The molecule has 2 aromatic heterocycles. The van der Waals surface area contributed by atoms with Crippen molar-refractivity contribution in [3.63, 3.8) is 0 Å². The van der Waals surface area contributed by atoms with E-state index in [1.54, 1.807) is 15.9 Å². The highest BCUT2D eigenvalue weighted by Gasteiger charge is 2.24. The second-order valence-corrected chi connectivity index (χ2v) is 8.39. The molecule has 7 nitrogen and oxygen atoms in total. The first-order valence-corrected chi connectivity index (χ1v) is 11.0. The average Bonchev–Trinajstić information content (AvgIpc) is 3.11. The molecular formula is C26H28N4O3. The van der Waals surface area contributed by atoms with E-state index in [1.807, 2.05) is 6.08 Å². The molecule has 1 N–H and O–H groups in total. The number of nitrogens with one attached hydrogen (secondary N) is 1. The fourth-order valence-electron chi connectivity index (χ4n) is 4.17. The van der Waals surface area contributed by atoms with Gasteiger partial charge in [0.15, 0.2) is 0 Å². The monoisotopic (exact) mass is 444 g/mol. The summed E-state index contributed by atoms with van der Waals surface area (Å²) in [5.41, 5.74) is 5.71. The van der Waals surface area contributed by atoms with Crippen LogP contribution in [0.4, 0.5) is 0 Å². The molecule has 1 aliphatic rings. The van der Waals surface area contributed by atoms with Crippen molar-refractivity contribution in [2.75, 3.05) is 26.2 Å². The number of carbonyl (C=O) groups is 2. The number of aromatic nitrogens is 2. The second-order valence-electron chi connectivity index (χ2n) is 8.39. The number of amides is 2. The molecule has 0 radical (unpaired) electrons. The minimum atomic E-state index is -0.242. The Labute approximate surface area is 193 Å². The molecule has 1 fully saturated rings. The van der Waals surface area contributed by atoms with Crippen molar-refractivity contribution in [2.45, 2.75) is 20.8 Å². The van der Waals surface area contributed by atoms with Crippen LogP contribution in [0.25, 0.3) is 11.8 Å². The SMILES string of the molecule is Cc1ccc(-n2c(C)cc(C=CC(=O)N3CCN(C(=O)c4ccc(=O)[nH]c4)CC3)c2C)cc1. The van der Waals surface area contributed by atoms with Gasteiger partial charge in [0.05, 0.1) is 5.56 Å². The maximum Gasteiger partial charge on any atom is 0.255 e. The summed E-state index contributed by atoms with van der Waals surface area (Å²) in [7, 11) is 0. The summed E-state index contributed by atoms with van der Waals surface area (Å²) in [5.74, 6) is -0.205. The van der Waals surface area contributed by atoms with Crippen LogP contribution in [0.15, 0.2) is 59.5 Å². The Morgan fingerprint density at radius 1 is 0.909 bits per heavy atom. The Hall–Kier alpha value is -3.87. The second kappa shape index (κ2) is 9.32. The van der Waals surface area contributed by atoms with Crippen LogP contribution in [0, 0.1) is 20.8 Å². The summed E-state index contributed by atoms with van der Waals surface area (Å²) in [6.45, 7) is 8.04. The zero-order valence-corrected chi connectivity index (χ0v) is 19.2. The van der Waals surface area contributed by atoms with Gasteiger partial charge in [-0.3, -0.25) is 14.4 Å². The van der Waals surface area contributed by atoms with E-state index in [1.165, 1.54) is 23.9 Å². The van der Waals surface area contributed by atoms with Crippen LogP contribution in [-0.2, 0) is 4.79 Å². The summed E-state index contributed by atoms with van der Waals surface area (Å²) in [5, 5.41) is 0. The van der Waals surface area contributed by atoms with Gasteiger partial charge in [0.1, 0.15) is 0 Å². The third-order valence-electron chi connectivity index (χ3n) is 6.08. The lowest BCUT2D eigenvalue weighted by Gasteiger charge is -2.34. The lowest BCUT2D eigenvalue weighted by Crippen LogP contribution is -2.50. The van der Waals surface area contributed by atoms with E-state index in [4.69, 9.17) is 0 Å². The third kappa shape index (κ3) is 4.82. The molecule has 4 rings (SSSR count). The van der Waals surface area contributed by atoms with E-state index in [9.17, 15) is 14.4 Å². The minimum absolute atomic E-state index is 0.0636. The van der Waals surface area contributed by atoms with Crippen molar-refractivity contribution in [3.8, 4) is 5.69 Å². The Balaban J connectivity index is 1.39. The maximum atomic E-state index is 12.8. The number of benzene rings is 1. The predicted octanol–water partition coefficient (Wildman–Crippen LogP) is 3.09. The highest BCUT2D eigenvalue weighted by atomic mass is 16.2. The topological polar surface area (TPSA) is 78.4 Å². The molecule has 3 heterocycles. The van der Waals surface area contributed by atoms with E-state index in [-0.39, 0.29) is 17.4 Å². The van der Waals surface area contributed by atoms with Gasteiger partial charge in [-0.2, -0.15) is 0 Å². The first-order valence-electron chi connectivity index (χ1n) is 11.0. The first kappa shape index (κ1) is 22.3. The molecule has 170 valence electrons. The van der Waals surface area contributed by atoms with E-state index < -0.39 is 0 Å². The van der Waals surface area contributed by atoms with Crippen LogP contribution in [0.5, 0.6) is 0 Å². The van der Waals surface area contributed by atoms with Crippen LogP contribution >= 0.6 is 0 Å². The lowest BCUT2D eigenvalue weighted by atomic mass is 10.2. The number of carbonyl (C=O) groups excluding carboxylic acids is 2. The molecule has 33 heavy (non-hydrogen) atoms. The highest BCUT2D eigenvalue weighted by Crippen LogP contribution is 2.22. The van der Waals surface area contributed by atoms with Gasteiger partial charge >= 0.3 is 0 Å². The summed E-state index contributed by atoms with van der Waals surface area (Å²) in [6.07, 6.45) is 4.91. The summed E-state index contributed by atoms with van der Waals surface area (Å²) in [6, 6.07) is 13.3. The Morgan fingerprint density at radius 2 is 1.58 bits per heavy atom. The van der Waals surface area contributed by atoms with E-state index >= 15 is 0 Å². The van der Waals surface area contributed by atoms with Crippen LogP contribution in [0.1, 0.15) is 32.9 Å². The Kier molecular flexibility index (Phi) is 6.31. The smallest absolute Gasteiger partial charge is 0.255 e. The molecule has 2 amide bonds. The number of nitrogens with zero attached hydrogens (tertiary/aromatic N) is 3. The minimum Gasteiger partial charge on any atom is -0.336 e.